The van der Waals surface area contributed by atoms with Crippen molar-refractivity contribution in [2.24, 2.45) is 5.73 Å². The van der Waals surface area contributed by atoms with Crippen LogP contribution in [-0.2, 0) is 57.6 Å². The van der Waals surface area contributed by atoms with E-state index in [-0.39, 0.29) is 38.3 Å². The van der Waals surface area contributed by atoms with Crippen molar-refractivity contribution < 1.29 is 38.4 Å². The van der Waals surface area contributed by atoms with Gasteiger partial charge in [0.15, 0.2) is 0 Å². The quantitative estimate of drug-likeness (QED) is 0.0450. The van der Waals surface area contributed by atoms with Crippen LogP contribution >= 0.6 is 11.6 Å². The van der Waals surface area contributed by atoms with Gasteiger partial charge >= 0.3 is 0 Å². The van der Waals surface area contributed by atoms with Gasteiger partial charge < -0.3 is 47.9 Å². The van der Waals surface area contributed by atoms with Crippen LogP contribution in [0.5, 0.6) is 0 Å². The van der Waals surface area contributed by atoms with E-state index in [0.717, 1.165) is 16.3 Å². The molecule has 1 fully saturated rings. The van der Waals surface area contributed by atoms with Crippen LogP contribution in [-0.4, -0.2) is 119 Å². The van der Waals surface area contributed by atoms with Crippen molar-refractivity contribution in [1.82, 2.24) is 47.1 Å². The number of carbonyl (C=O) groups is 8. The number of pyridine rings is 1. The summed E-state index contributed by atoms with van der Waals surface area (Å²) in [6.07, 6.45) is 3.85. The van der Waals surface area contributed by atoms with E-state index >= 15 is 0 Å². The molecule has 3 aromatic carbocycles. The van der Waals surface area contributed by atoms with E-state index in [9.17, 15) is 38.4 Å². The molecule has 2 heterocycles. The molecule has 0 bridgehead atoms. The number of fused-ring (bicyclic) bond motifs is 1. The number of benzene rings is 3. The predicted molar refractivity (Wildman–Crippen MR) is 270 cm³/mol. The van der Waals surface area contributed by atoms with Crippen molar-refractivity contribution in [1.29, 1.82) is 0 Å². The first-order valence-electron chi connectivity index (χ1n) is 24.1. The number of amides is 8. The first kappa shape index (κ1) is 55.0. The lowest BCUT2D eigenvalue weighted by atomic mass is 9.99. The molecular weight excluding hydrogens is 928 g/mol. The molecule has 1 aliphatic heterocycles. The molecule has 8 amide bonds. The minimum Gasteiger partial charge on any atom is -0.368 e. The van der Waals surface area contributed by atoms with Crippen molar-refractivity contribution in [3.8, 4) is 0 Å². The lowest BCUT2D eigenvalue weighted by Crippen LogP contribution is -2.60. The van der Waals surface area contributed by atoms with Crippen LogP contribution in [0.4, 0.5) is 0 Å². The highest BCUT2D eigenvalue weighted by Gasteiger charge is 2.39. The van der Waals surface area contributed by atoms with E-state index in [4.69, 9.17) is 17.3 Å². The second kappa shape index (κ2) is 26.9. The number of hydrogen-bond acceptors (Lipinski definition) is 10. The van der Waals surface area contributed by atoms with E-state index in [1.165, 1.54) is 31.9 Å². The van der Waals surface area contributed by atoms with Crippen molar-refractivity contribution in [2.75, 3.05) is 13.1 Å². The highest BCUT2D eigenvalue weighted by atomic mass is 35.5. The largest absolute Gasteiger partial charge is 0.368 e. The van der Waals surface area contributed by atoms with Crippen LogP contribution in [0.1, 0.15) is 83.5 Å². The van der Waals surface area contributed by atoms with E-state index in [2.05, 4.69) is 42.2 Å². The third-order valence-corrected chi connectivity index (χ3v) is 12.4. The van der Waals surface area contributed by atoms with Gasteiger partial charge in [0.2, 0.25) is 47.3 Å². The number of halogens is 1. The minimum absolute atomic E-state index is 0.0269. The number of rotatable bonds is 25. The lowest BCUT2D eigenvalue weighted by Gasteiger charge is -2.30. The average molecular weight is 996 g/mol. The maximum absolute atomic E-state index is 14.5. The van der Waals surface area contributed by atoms with Crippen molar-refractivity contribution >= 4 is 69.6 Å². The summed E-state index contributed by atoms with van der Waals surface area (Å²) in [5, 5.41) is 22.2. The maximum Gasteiger partial charge on any atom is 0.245 e. The van der Waals surface area contributed by atoms with E-state index in [0.29, 0.717) is 48.5 Å². The highest BCUT2D eigenvalue weighted by molar-refractivity contribution is 6.30. The normalized spacial score (nSPS) is 15.9. The summed E-state index contributed by atoms with van der Waals surface area (Å²) < 4.78 is 0. The van der Waals surface area contributed by atoms with Gasteiger partial charge in [-0.1, -0.05) is 86.1 Å². The van der Waals surface area contributed by atoms with Crippen LogP contribution in [0.25, 0.3) is 10.8 Å². The smallest absolute Gasteiger partial charge is 0.245 e. The van der Waals surface area contributed by atoms with Crippen molar-refractivity contribution in [3.63, 3.8) is 0 Å². The summed E-state index contributed by atoms with van der Waals surface area (Å²) in [4.78, 5) is 114. The molecule has 5 rings (SSSR count). The molecule has 1 aromatic heterocycles. The Bertz CT molecular complexity index is 2490. The number of likely N-dealkylation sites (tertiary alicyclic amines) is 1. The predicted octanol–water partition coefficient (Wildman–Crippen LogP) is 2.53. The Labute approximate surface area is 419 Å². The van der Waals surface area contributed by atoms with Gasteiger partial charge in [-0.25, -0.2) is 0 Å². The summed E-state index contributed by atoms with van der Waals surface area (Å²) in [5.74, 6) is -5.01. The van der Waals surface area contributed by atoms with Crippen LogP contribution < -0.4 is 43.0 Å². The topological polar surface area (TPSA) is 263 Å². The molecule has 18 nitrogen and oxygen atoms in total. The lowest BCUT2D eigenvalue weighted by molar-refractivity contribution is -0.142. The number of hydrogen-bond donors (Lipinski definition) is 8. The summed E-state index contributed by atoms with van der Waals surface area (Å²) in [5.41, 5.74) is 7.22. The second-order valence-electron chi connectivity index (χ2n) is 18.3. The number of nitrogens with one attached hydrogen (secondary N) is 7. The number of nitrogens with zero attached hydrogens (tertiary/aromatic N) is 2. The van der Waals surface area contributed by atoms with E-state index in [1.54, 1.807) is 42.5 Å². The molecule has 0 unspecified atom stereocenters. The van der Waals surface area contributed by atoms with Gasteiger partial charge in [-0.3, -0.25) is 43.3 Å². The zero-order valence-electron chi connectivity index (χ0n) is 41.0. The number of unbranched alkanes of at least 4 members (excludes halogenated alkanes) is 1. The third kappa shape index (κ3) is 17.2. The molecule has 0 saturated carbocycles. The second-order valence-corrected chi connectivity index (χ2v) is 18.8. The summed E-state index contributed by atoms with van der Waals surface area (Å²) in [6.45, 7) is 9.16. The molecule has 7 atom stereocenters. The van der Waals surface area contributed by atoms with Gasteiger partial charge in [-0.05, 0) is 98.7 Å². The Morgan fingerprint density at radius 2 is 1.27 bits per heavy atom. The Balaban J connectivity index is 1.35. The van der Waals surface area contributed by atoms with Crippen LogP contribution in [0.2, 0.25) is 5.02 Å². The Hall–Kier alpha value is -6.92. The Morgan fingerprint density at radius 1 is 0.662 bits per heavy atom. The minimum atomic E-state index is -1.32. The van der Waals surface area contributed by atoms with Gasteiger partial charge in [0, 0.05) is 55.7 Å². The van der Waals surface area contributed by atoms with Gasteiger partial charge in [0.1, 0.15) is 42.3 Å². The molecule has 0 spiro atoms. The summed E-state index contributed by atoms with van der Waals surface area (Å²) in [7, 11) is 0. The fourth-order valence-electron chi connectivity index (χ4n) is 8.29. The molecule has 9 N–H and O–H groups in total. The standard InChI is InChI=1S/C52H67ClN10O8/c1-31(2)55-24-11-9-16-41(52(71)63-26-12-17-45(63)51(70)57-32(3)46(54)65)60-47(66)33(4)58-48(67)44(30-40-15-8-10-25-56-40)62-50(69)43(28-35-19-22-39(53)23-20-35)61-49(68)42(59-34(5)64)29-36-18-21-37-13-6-7-14-38(37)27-36/h6-8,10,13-15,18-23,25,27,31-33,41-45,55H,9,11-12,16-17,24,26,28-30H2,1-5H3,(H2,54,65)(H,57,70)(H,58,67)(H,59,64)(H,60,66)(H,61,68)(H,62,69)/t32-,33-,41+,42-,43-,44-,45+/m1/s1. The van der Waals surface area contributed by atoms with Crippen LogP contribution in [0.15, 0.2) is 91.1 Å². The van der Waals surface area contributed by atoms with E-state index < -0.39 is 89.6 Å². The number of aromatic nitrogens is 1. The van der Waals surface area contributed by atoms with Gasteiger partial charge in [0.05, 0.1) is 0 Å². The molecule has 1 saturated heterocycles. The third-order valence-electron chi connectivity index (χ3n) is 12.2. The van der Waals surface area contributed by atoms with Crippen LogP contribution in [0, 0.1) is 0 Å². The molecule has 1 aliphatic rings. The number of primary amides is 1. The van der Waals surface area contributed by atoms with Crippen molar-refractivity contribution in [2.45, 2.75) is 134 Å². The van der Waals surface area contributed by atoms with Gasteiger partial charge in [-0.2, -0.15) is 0 Å². The maximum atomic E-state index is 14.5. The molecule has 380 valence electrons. The number of carbonyl (C=O) groups excluding carboxylic acids is 8. The molecule has 19 heteroatoms. The molecule has 0 aliphatic carbocycles. The number of nitrogens with two attached hydrogens (primary N) is 1. The zero-order chi connectivity index (χ0) is 51.6. The molecule has 4 aromatic rings. The summed E-state index contributed by atoms with van der Waals surface area (Å²) in [6, 6.07) is 17.7. The fraction of sp³-hybridized carbons (Fsp3) is 0.442. The monoisotopic (exact) mass is 994 g/mol. The van der Waals surface area contributed by atoms with Gasteiger partial charge in [0.25, 0.3) is 0 Å². The first-order valence-corrected chi connectivity index (χ1v) is 24.5. The highest BCUT2D eigenvalue weighted by Crippen LogP contribution is 2.21. The zero-order valence-corrected chi connectivity index (χ0v) is 41.7. The SMILES string of the molecule is CC(=O)N[C@H](Cc1ccc2ccccc2c1)C(=O)N[C@H](Cc1ccc(Cl)cc1)C(=O)N[C@H](Cc1ccccn1)C(=O)N[C@H](C)C(=O)N[C@@H](CCCCNC(C)C)C(=O)N1CCC[C@H]1C(=O)N[C@H](C)C(N)=O. The van der Waals surface area contributed by atoms with Crippen molar-refractivity contribution in [3.05, 3.63) is 113 Å². The van der Waals surface area contributed by atoms with Crippen LogP contribution in [0.3, 0.4) is 0 Å². The van der Waals surface area contributed by atoms with E-state index in [1.807, 2.05) is 56.3 Å². The fourth-order valence-corrected chi connectivity index (χ4v) is 8.41. The molecule has 71 heavy (non-hydrogen) atoms. The first-order chi connectivity index (χ1) is 33.9. The molecular formula is C52H67ClN10O8. The summed E-state index contributed by atoms with van der Waals surface area (Å²) >= 11 is 6.18. The Kier molecular flexibility index (Phi) is 20.8. The van der Waals surface area contributed by atoms with Gasteiger partial charge in [-0.15, -0.1) is 0 Å². The molecule has 0 radical (unpaired) electrons. The Morgan fingerprint density at radius 3 is 1.92 bits per heavy atom. The average Bonchev–Trinajstić information content (AvgIpc) is 3.84.